The maximum absolute atomic E-state index is 3.37. The summed E-state index contributed by atoms with van der Waals surface area (Å²) in [7, 11) is 2.09. The summed E-state index contributed by atoms with van der Waals surface area (Å²) in [5.41, 5.74) is 0. The number of nitrogens with zero attached hydrogens (tertiary/aromatic N) is 1. The lowest BCUT2D eigenvalue weighted by Gasteiger charge is -2.39. The molecule has 2 fully saturated rings. The van der Waals surface area contributed by atoms with E-state index < -0.39 is 0 Å². The molecule has 1 heterocycles. The minimum atomic E-state index is 0.816. The summed E-state index contributed by atoms with van der Waals surface area (Å²) in [6.07, 6.45) is 8.65. The first-order valence-electron chi connectivity index (χ1n) is 7.62. The summed E-state index contributed by atoms with van der Waals surface area (Å²) in [4.78, 5) is 2.82. The largest absolute Gasteiger partial charge is 0.318 e. The van der Waals surface area contributed by atoms with E-state index >= 15 is 0 Å². The Morgan fingerprint density at radius 1 is 1.18 bits per heavy atom. The summed E-state index contributed by atoms with van der Waals surface area (Å²) in [5, 5.41) is 3.37. The summed E-state index contributed by atoms with van der Waals surface area (Å²) >= 11 is 0. The van der Waals surface area contributed by atoms with Crippen LogP contribution in [0.25, 0.3) is 0 Å². The van der Waals surface area contributed by atoms with Gasteiger partial charge in [0.1, 0.15) is 0 Å². The fraction of sp³-hybridized carbons (Fsp3) is 1.00. The molecule has 0 aromatic carbocycles. The Labute approximate surface area is 107 Å². The van der Waals surface area contributed by atoms with Crippen LogP contribution in [0.15, 0.2) is 0 Å². The Hall–Kier alpha value is -0.0800. The summed E-state index contributed by atoms with van der Waals surface area (Å²) in [5.74, 6) is 1.85. The molecule has 3 atom stereocenters. The highest BCUT2D eigenvalue weighted by Gasteiger charge is 2.34. The van der Waals surface area contributed by atoms with Crippen molar-refractivity contribution < 1.29 is 0 Å². The minimum absolute atomic E-state index is 0.816. The standard InChI is InChI=1S/C15H30N2/c1-12(2)13-6-4-7-14(10-13)17-9-5-8-15(17)11-16-3/h12-16H,4-11H2,1-3H3. The van der Waals surface area contributed by atoms with Crippen LogP contribution in [0.4, 0.5) is 0 Å². The fourth-order valence-corrected chi connectivity index (χ4v) is 3.90. The summed E-state index contributed by atoms with van der Waals surface area (Å²) in [6, 6.07) is 1.70. The molecule has 1 saturated carbocycles. The number of rotatable bonds is 4. The first kappa shape index (κ1) is 13.4. The molecule has 0 amide bonds. The average Bonchev–Trinajstić information content (AvgIpc) is 2.78. The first-order chi connectivity index (χ1) is 8.22. The molecule has 3 unspecified atom stereocenters. The zero-order valence-electron chi connectivity index (χ0n) is 11.9. The second-order valence-electron chi connectivity index (χ2n) is 6.42. The van der Waals surface area contributed by atoms with Crippen molar-refractivity contribution >= 4 is 0 Å². The van der Waals surface area contributed by atoms with E-state index in [1.165, 1.54) is 51.6 Å². The van der Waals surface area contributed by atoms with Gasteiger partial charge in [0.2, 0.25) is 0 Å². The van der Waals surface area contributed by atoms with Gasteiger partial charge in [-0.15, -0.1) is 0 Å². The number of likely N-dealkylation sites (tertiary alicyclic amines) is 1. The van der Waals surface area contributed by atoms with Crippen LogP contribution in [0.3, 0.4) is 0 Å². The molecule has 0 spiro atoms. The predicted octanol–water partition coefficient (Wildman–Crippen LogP) is 2.89. The molecule has 2 nitrogen and oxygen atoms in total. The van der Waals surface area contributed by atoms with Gasteiger partial charge in [-0.05, 0) is 51.1 Å². The predicted molar refractivity (Wildman–Crippen MR) is 74.2 cm³/mol. The molecular formula is C15H30N2. The lowest BCUT2D eigenvalue weighted by Crippen LogP contribution is -2.45. The number of likely N-dealkylation sites (N-methyl/N-ethyl adjacent to an activating group) is 1. The second kappa shape index (κ2) is 6.19. The Balaban J connectivity index is 1.91. The highest BCUT2D eigenvalue weighted by molar-refractivity contribution is 4.89. The Morgan fingerprint density at radius 3 is 2.71 bits per heavy atom. The van der Waals surface area contributed by atoms with Crippen LogP contribution < -0.4 is 5.32 Å². The van der Waals surface area contributed by atoms with E-state index in [4.69, 9.17) is 0 Å². The molecule has 100 valence electrons. The zero-order valence-corrected chi connectivity index (χ0v) is 11.9. The molecule has 2 heteroatoms. The molecule has 0 aromatic heterocycles. The SMILES string of the molecule is CNCC1CCCN1C1CCCC(C(C)C)C1. The van der Waals surface area contributed by atoms with E-state index in [1.807, 2.05) is 0 Å². The van der Waals surface area contributed by atoms with E-state index in [0.29, 0.717) is 0 Å². The van der Waals surface area contributed by atoms with Gasteiger partial charge >= 0.3 is 0 Å². The third-order valence-corrected chi connectivity index (χ3v) is 4.96. The van der Waals surface area contributed by atoms with Crippen molar-refractivity contribution in [1.82, 2.24) is 10.2 Å². The monoisotopic (exact) mass is 238 g/mol. The molecule has 0 bridgehead atoms. The van der Waals surface area contributed by atoms with Gasteiger partial charge in [-0.2, -0.15) is 0 Å². The van der Waals surface area contributed by atoms with Gasteiger partial charge in [0.05, 0.1) is 0 Å². The van der Waals surface area contributed by atoms with Crippen molar-refractivity contribution in [3.8, 4) is 0 Å². The topological polar surface area (TPSA) is 15.3 Å². The highest BCUT2D eigenvalue weighted by Crippen LogP contribution is 2.35. The first-order valence-corrected chi connectivity index (χ1v) is 7.62. The van der Waals surface area contributed by atoms with Crippen molar-refractivity contribution in [2.24, 2.45) is 11.8 Å². The summed E-state index contributed by atoms with van der Waals surface area (Å²) in [6.45, 7) is 7.34. The van der Waals surface area contributed by atoms with E-state index in [1.54, 1.807) is 0 Å². The fourth-order valence-electron chi connectivity index (χ4n) is 3.90. The van der Waals surface area contributed by atoms with E-state index in [9.17, 15) is 0 Å². The number of hydrogen-bond acceptors (Lipinski definition) is 2. The van der Waals surface area contributed by atoms with E-state index in [0.717, 1.165) is 23.9 Å². The average molecular weight is 238 g/mol. The van der Waals surface area contributed by atoms with Gasteiger partial charge in [-0.1, -0.05) is 26.7 Å². The molecule has 1 aliphatic carbocycles. The smallest absolute Gasteiger partial charge is 0.0223 e. The second-order valence-corrected chi connectivity index (χ2v) is 6.42. The third-order valence-electron chi connectivity index (χ3n) is 4.96. The van der Waals surface area contributed by atoms with Gasteiger partial charge in [0.15, 0.2) is 0 Å². The van der Waals surface area contributed by atoms with Gasteiger partial charge in [-0.25, -0.2) is 0 Å². The van der Waals surface area contributed by atoms with Gasteiger partial charge in [0, 0.05) is 18.6 Å². The molecule has 1 N–H and O–H groups in total. The number of hydrogen-bond donors (Lipinski definition) is 1. The van der Waals surface area contributed by atoms with E-state index in [-0.39, 0.29) is 0 Å². The van der Waals surface area contributed by atoms with Crippen LogP contribution in [-0.4, -0.2) is 37.1 Å². The molecule has 2 rings (SSSR count). The zero-order chi connectivity index (χ0) is 12.3. The molecule has 2 aliphatic rings. The van der Waals surface area contributed by atoms with Crippen LogP contribution in [0, 0.1) is 11.8 Å². The molecule has 1 aliphatic heterocycles. The normalized spacial score (nSPS) is 35.6. The molecule has 17 heavy (non-hydrogen) atoms. The van der Waals surface area contributed by atoms with Crippen molar-refractivity contribution in [1.29, 1.82) is 0 Å². The Kier molecular flexibility index (Phi) is 4.87. The van der Waals surface area contributed by atoms with Crippen LogP contribution in [0.2, 0.25) is 0 Å². The maximum Gasteiger partial charge on any atom is 0.0223 e. The Bertz CT molecular complexity index is 227. The van der Waals surface area contributed by atoms with Crippen molar-refractivity contribution in [2.45, 2.75) is 64.5 Å². The molecule has 1 saturated heterocycles. The lowest BCUT2D eigenvalue weighted by atomic mass is 9.78. The molecular weight excluding hydrogens is 208 g/mol. The van der Waals surface area contributed by atoms with Gasteiger partial charge < -0.3 is 5.32 Å². The van der Waals surface area contributed by atoms with Crippen LogP contribution in [0.1, 0.15) is 52.4 Å². The van der Waals surface area contributed by atoms with Gasteiger partial charge in [-0.3, -0.25) is 4.90 Å². The molecule has 0 radical (unpaired) electrons. The Morgan fingerprint density at radius 2 is 2.00 bits per heavy atom. The highest BCUT2D eigenvalue weighted by atomic mass is 15.2. The number of nitrogens with one attached hydrogen (secondary N) is 1. The quantitative estimate of drug-likeness (QED) is 0.810. The summed E-state index contributed by atoms with van der Waals surface area (Å²) < 4.78 is 0. The van der Waals surface area contributed by atoms with Crippen LogP contribution in [-0.2, 0) is 0 Å². The maximum atomic E-state index is 3.37. The lowest BCUT2D eigenvalue weighted by molar-refractivity contribution is 0.103. The molecule has 0 aromatic rings. The van der Waals surface area contributed by atoms with Gasteiger partial charge in [0.25, 0.3) is 0 Å². The van der Waals surface area contributed by atoms with Crippen LogP contribution in [0.5, 0.6) is 0 Å². The van der Waals surface area contributed by atoms with Crippen molar-refractivity contribution in [2.75, 3.05) is 20.1 Å². The third kappa shape index (κ3) is 3.23. The van der Waals surface area contributed by atoms with E-state index in [2.05, 4.69) is 31.1 Å². The van der Waals surface area contributed by atoms with Crippen LogP contribution >= 0.6 is 0 Å². The van der Waals surface area contributed by atoms with Crippen molar-refractivity contribution in [3.63, 3.8) is 0 Å². The van der Waals surface area contributed by atoms with Crippen molar-refractivity contribution in [3.05, 3.63) is 0 Å². The minimum Gasteiger partial charge on any atom is -0.318 e.